The van der Waals surface area contributed by atoms with Gasteiger partial charge in [0.1, 0.15) is 0 Å². The van der Waals surface area contributed by atoms with Crippen LogP contribution in [0.3, 0.4) is 0 Å². The van der Waals surface area contributed by atoms with Crippen LogP contribution in [0, 0.1) is 0 Å². The van der Waals surface area contributed by atoms with Crippen molar-refractivity contribution in [1.29, 1.82) is 0 Å². The van der Waals surface area contributed by atoms with Crippen LogP contribution in [0.15, 0.2) is 28.7 Å². The first kappa shape index (κ1) is 15.5. The van der Waals surface area contributed by atoms with Gasteiger partial charge in [-0.3, -0.25) is 4.79 Å². The van der Waals surface area contributed by atoms with E-state index in [-0.39, 0.29) is 24.4 Å². The fourth-order valence-electron chi connectivity index (χ4n) is 1.36. The first-order valence-electron chi connectivity index (χ1n) is 6.07. The number of benzene rings is 1. The highest BCUT2D eigenvalue weighted by Gasteiger charge is 2.05. The summed E-state index contributed by atoms with van der Waals surface area (Å²) in [5.74, 6) is -0.132. The third kappa shape index (κ3) is 6.81. The lowest BCUT2D eigenvalue weighted by atomic mass is 10.3. The van der Waals surface area contributed by atoms with E-state index in [0.717, 1.165) is 10.2 Å². The highest BCUT2D eigenvalue weighted by molar-refractivity contribution is 9.10. The van der Waals surface area contributed by atoms with Gasteiger partial charge >= 0.3 is 6.03 Å². The molecule has 0 aliphatic carbocycles. The van der Waals surface area contributed by atoms with E-state index in [1.807, 2.05) is 26.0 Å². The summed E-state index contributed by atoms with van der Waals surface area (Å²) in [5, 5.41) is 8.06. The molecule has 1 aromatic rings. The van der Waals surface area contributed by atoms with Crippen LogP contribution in [-0.2, 0) is 4.79 Å². The van der Waals surface area contributed by atoms with E-state index in [1.54, 1.807) is 12.1 Å². The molecule has 0 aliphatic rings. The Morgan fingerprint density at radius 2 is 1.84 bits per heavy atom. The second kappa shape index (κ2) is 7.78. The van der Waals surface area contributed by atoms with Crippen LogP contribution in [0.1, 0.15) is 20.3 Å². The molecule has 0 atom stereocenters. The Balaban J connectivity index is 2.25. The maximum atomic E-state index is 11.6. The largest absolute Gasteiger partial charge is 0.338 e. The molecule has 0 unspecified atom stereocenters. The number of rotatable bonds is 5. The summed E-state index contributed by atoms with van der Waals surface area (Å²) in [7, 11) is 0. The minimum Gasteiger partial charge on any atom is -0.338 e. The van der Waals surface area contributed by atoms with E-state index in [4.69, 9.17) is 0 Å². The number of amides is 3. The summed E-state index contributed by atoms with van der Waals surface area (Å²) in [5.41, 5.74) is 0.736. The zero-order valence-electron chi connectivity index (χ0n) is 11.0. The van der Waals surface area contributed by atoms with Gasteiger partial charge in [-0.25, -0.2) is 4.79 Å². The van der Waals surface area contributed by atoms with Gasteiger partial charge in [-0.2, -0.15) is 0 Å². The first-order valence-corrected chi connectivity index (χ1v) is 6.86. The third-order valence-electron chi connectivity index (χ3n) is 2.19. The predicted molar refractivity (Wildman–Crippen MR) is 79.1 cm³/mol. The van der Waals surface area contributed by atoms with E-state index >= 15 is 0 Å². The van der Waals surface area contributed by atoms with Gasteiger partial charge in [0.25, 0.3) is 0 Å². The molecule has 0 heterocycles. The van der Waals surface area contributed by atoms with E-state index in [9.17, 15) is 9.59 Å². The molecule has 0 saturated carbocycles. The molecular weight excluding hydrogens is 310 g/mol. The zero-order valence-corrected chi connectivity index (χ0v) is 12.6. The Morgan fingerprint density at radius 1 is 1.21 bits per heavy atom. The van der Waals surface area contributed by atoms with Crippen molar-refractivity contribution in [1.82, 2.24) is 10.6 Å². The predicted octanol–water partition coefficient (Wildman–Crippen LogP) is 2.49. The average Bonchev–Trinajstić information content (AvgIpc) is 2.31. The standard InChI is InChI=1S/C13H18BrN3O2/c1-9(2)16-13(19)15-8-7-12(18)17-11-5-3-10(14)4-6-11/h3-6,9H,7-8H2,1-2H3,(H,17,18)(H2,15,16,19). The van der Waals surface area contributed by atoms with Crippen LogP contribution in [0.4, 0.5) is 10.5 Å². The summed E-state index contributed by atoms with van der Waals surface area (Å²) < 4.78 is 0.956. The van der Waals surface area contributed by atoms with Gasteiger partial charge in [-0.15, -0.1) is 0 Å². The maximum Gasteiger partial charge on any atom is 0.315 e. The van der Waals surface area contributed by atoms with Crippen molar-refractivity contribution in [3.8, 4) is 0 Å². The van der Waals surface area contributed by atoms with Crippen LogP contribution >= 0.6 is 15.9 Å². The Labute approximate surface area is 121 Å². The van der Waals surface area contributed by atoms with E-state index in [2.05, 4.69) is 31.9 Å². The molecule has 1 aromatic carbocycles. The molecule has 0 spiro atoms. The fraction of sp³-hybridized carbons (Fsp3) is 0.385. The van der Waals surface area contributed by atoms with Crippen molar-refractivity contribution in [3.63, 3.8) is 0 Å². The lowest BCUT2D eigenvalue weighted by molar-refractivity contribution is -0.116. The molecule has 3 amide bonds. The highest BCUT2D eigenvalue weighted by Crippen LogP contribution is 2.14. The summed E-state index contributed by atoms with van der Waals surface area (Å²) >= 11 is 3.32. The molecule has 0 aliphatic heterocycles. The topological polar surface area (TPSA) is 70.2 Å². The second-order valence-electron chi connectivity index (χ2n) is 4.36. The van der Waals surface area contributed by atoms with Crippen molar-refractivity contribution in [3.05, 3.63) is 28.7 Å². The molecule has 104 valence electrons. The Morgan fingerprint density at radius 3 is 2.42 bits per heavy atom. The highest BCUT2D eigenvalue weighted by atomic mass is 79.9. The number of halogens is 1. The smallest absolute Gasteiger partial charge is 0.315 e. The van der Waals surface area contributed by atoms with Crippen LogP contribution in [0.2, 0.25) is 0 Å². The van der Waals surface area contributed by atoms with E-state index < -0.39 is 0 Å². The van der Waals surface area contributed by atoms with Gasteiger partial charge in [0.15, 0.2) is 0 Å². The molecule has 5 nitrogen and oxygen atoms in total. The number of nitrogens with one attached hydrogen (secondary N) is 3. The van der Waals surface area contributed by atoms with E-state index in [0.29, 0.717) is 6.54 Å². The van der Waals surface area contributed by atoms with Crippen molar-refractivity contribution >= 4 is 33.6 Å². The Hall–Kier alpha value is -1.56. The molecule has 0 radical (unpaired) electrons. The molecule has 6 heteroatoms. The van der Waals surface area contributed by atoms with Gasteiger partial charge in [-0.1, -0.05) is 15.9 Å². The van der Waals surface area contributed by atoms with Gasteiger partial charge < -0.3 is 16.0 Å². The van der Waals surface area contributed by atoms with Crippen LogP contribution in [0.25, 0.3) is 0 Å². The second-order valence-corrected chi connectivity index (χ2v) is 5.28. The Kier molecular flexibility index (Phi) is 6.35. The lowest BCUT2D eigenvalue weighted by Crippen LogP contribution is -2.40. The maximum absolute atomic E-state index is 11.6. The molecule has 0 aromatic heterocycles. The van der Waals surface area contributed by atoms with Crippen LogP contribution < -0.4 is 16.0 Å². The average molecular weight is 328 g/mol. The van der Waals surface area contributed by atoms with E-state index in [1.165, 1.54) is 0 Å². The number of anilines is 1. The normalized spacial score (nSPS) is 10.1. The molecular formula is C13H18BrN3O2. The number of hydrogen-bond acceptors (Lipinski definition) is 2. The van der Waals surface area contributed by atoms with Gasteiger partial charge in [0.2, 0.25) is 5.91 Å². The first-order chi connectivity index (χ1) is 8.97. The molecule has 0 bridgehead atoms. The number of carbonyl (C=O) groups excluding carboxylic acids is 2. The zero-order chi connectivity index (χ0) is 14.3. The van der Waals surface area contributed by atoms with Crippen molar-refractivity contribution in [2.24, 2.45) is 0 Å². The van der Waals surface area contributed by atoms with Crippen molar-refractivity contribution in [2.45, 2.75) is 26.3 Å². The molecule has 1 rings (SSSR count). The Bertz CT molecular complexity index is 432. The number of carbonyl (C=O) groups is 2. The lowest BCUT2D eigenvalue weighted by Gasteiger charge is -2.10. The number of hydrogen-bond donors (Lipinski definition) is 3. The molecule has 0 fully saturated rings. The number of urea groups is 1. The van der Waals surface area contributed by atoms with Crippen molar-refractivity contribution < 1.29 is 9.59 Å². The quantitative estimate of drug-likeness (QED) is 0.777. The summed E-state index contributed by atoms with van der Waals surface area (Å²) in [6.07, 6.45) is 0.238. The fourth-order valence-corrected chi connectivity index (χ4v) is 1.62. The molecule has 3 N–H and O–H groups in total. The molecule has 19 heavy (non-hydrogen) atoms. The van der Waals surface area contributed by atoms with Crippen LogP contribution in [-0.4, -0.2) is 24.5 Å². The monoisotopic (exact) mass is 327 g/mol. The summed E-state index contributed by atoms with van der Waals surface area (Å²) in [4.78, 5) is 22.9. The minimum atomic E-state index is -0.258. The van der Waals surface area contributed by atoms with Gasteiger partial charge in [-0.05, 0) is 38.1 Å². The van der Waals surface area contributed by atoms with Gasteiger partial charge in [0, 0.05) is 29.2 Å². The summed E-state index contributed by atoms with van der Waals surface area (Å²) in [6.45, 7) is 4.06. The van der Waals surface area contributed by atoms with Crippen LogP contribution in [0.5, 0.6) is 0 Å². The van der Waals surface area contributed by atoms with Gasteiger partial charge in [0.05, 0.1) is 0 Å². The third-order valence-corrected chi connectivity index (χ3v) is 2.71. The SMILES string of the molecule is CC(C)NC(=O)NCCC(=O)Nc1ccc(Br)cc1. The molecule has 0 saturated heterocycles. The minimum absolute atomic E-state index is 0.0802. The van der Waals surface area contributed by atoms with Crippen molar-refractivity contribution in [2.75, 3.05) is 11.9 Å². The summed E-state index contributed by atoms with van der Waals surface area (Å²) in [6, 6.07) is 7.14.